The molecule has 0 fully saturated rings. The molecule has 1 unspecified atom stereocenters. The van der Waals surface area contributed by atoms with Crippen molar-refractivity contribution in [1.29, 1.82) is 0 Å². The van der Waals surface area contributed by atoms with E-state index in [2.05, 4.69) is 5.32 Å². The summed E-state index contributed by atoms with van der Waals surface area (Å²) in [5, 5.41) is 12.5. The van der Waals surface area contributed by atoms with Gasteiger partial charge in [0.2, 0.25) is 0 Å². The van der Waals surface area contributed by atoms with Crippen molar-refractivity contribution in [2.45, 2.75) is 25.8 Å². The van der Waals surface area contributed by atoms with Gasteiger partial charge in [-0.3, -0.25) is 0 Å². The van der Waals surface area contributed by atoms with Gasteiger partial charge in [0.25, 0.3) is 0 Å². The molecule has 0 saturated carbocycles. The molecule has 0 aliphatic carbocycles. The summed E-state index contributed by atoms with van der Waals surface area (Å²) in [4.78, 5) is 0. The van der Waals surface area contributed by atoms with E-state index in [0.717, 1.165) is 6.54 Å². The van der Waals surface area contributed by atoms with Crippen molar-refractivity contribution in [3.63, 3.8) is 0 Å². The number of likely N-dealkylation sites (N-methyl/N-ethyl adjacent to an activating group) is 1. The Bertz CT molecular complexity index is 346. The van der Waals surface area contributed by atoms with Crippen LogP contribution < -0.4 is 10.1 Å². The number of benzene rings is 1. The van der Waals surface area contributed by atoms with Gasteiger partial charge in [-0.2, -0.15) is 0 Å². The van der Waals surface area contributed by atoms with E-state index in [1.54, 1.807) is 18.2 Å². The van der Waals surface area contributed by atoms with Crippen molar-refractivity contribution in [2.24, 2.45) is 0 Å². The molecule has 0 radical (unpaired) electrons. The van der Waals surface area contributed by atoms with Crippen LogP contribution in [0.1, 0.15) is 20.3 Å². The van der Waals surface area contributed by atoms with Gasteiger partial charge in [-0.15, -0.1) is 0 Å². The number of aliphatic hydroxyl groups is 1. The molecular formula is C13H20FNO2. The zero-order valence-electron chi connectivity index (χ0n) is 10.4. The molecule has 4 heteroatoms. The van der Waals surface area contributed by atoms with Gasteiger partial charge in [-0.05, 0) is 25.6 Å². The Labute approximate surface area is 102 Å². The highest BCUT2D eigenvalue weighted by atomic mass is 19.1. The first-order valence-corrected chi connectivity index (χ1v) is 5.84. The monoisotopic (exact) mass is 241 g/mol. The Morgan fingerprint density at radius 2 is 2.12 bits per heavy atom. The molecule has 3 nitrogen and oxygen atoms in total. The number of halogens is 1. The molecular weight excluding hydrogens is 221 g/mol. The first kappa shape index (κ1) is 13.9. The number of rotatable bonds is 7. The lowest BCUT2D eigenvalue weighted by Gasteiger charge is -2.28. The molecule has 1 rings (SSSR count). The minimum atomic E-state index is -0.375. The summed E-state index contributed by atoms with van der Waals surface area (Å²) in [6, 6.07) is 6.32. The molecule has 96 valence electrons. The van der Waals surface area contributed by atoms with Gasteiger partial charge in [0.15, 0.2) is 11.6 Å². The van der Waals surface area contributed by atoms with Crippen molar-refractivity contribution in [1.82, 2.24) is 5.32 Å². The van der Waals surface area contributed by atoms with E-state index in [-0.39, 0.29) is 23.7 Å². The summed E-state index contributed by atoms with van der Waals surface area (Å²) in [7, 11) is 0. The van der Waals surface area contributed by atoms with Crippen LogP contribution in [0.4, 0.5) is 4.39 Å². The number of para-hydroxylation sites is 1. The third kappa shape index (κ3) is 4.32. The highest BCUT2D eigenvalue weighted by Crippen LogP contribution is 2.17. The van der Waals surface area contributed by atoms with Crippen LogP contribution in [0.15, 0.2) is 24.3 Å². The van der Waals surface area contributed by atoms with Crippen LogP contribution in [0.25, 0.3) is 0 Å². The van der Waals surface area contributed by atoms with E-state index in [0.29, 0.717) is 13.0 Å². The van der Waals surface area contributed by atoms with Gasteiger partial charge in [0.1, 0.15) is 0 Å². The minimum absolute atomic E-state index is 0.0292. The van der Waals surface area contributed by atoms with Crippen molar-refractivity contribution < 1.29 is 14.2 Å². The first-order valence-electron chi connectivity index (χ1n) is 5.84. The van der Waals surface area contributed by atoms with Gasteiger partial charge in [-0.1, -0.05) is 19.1 Å². The van der Waals surface area contributed by atoms with Crippen LogP contribution in [0, 0.1) is 5.82 Å². The summed E-state index contributed by atoms with van der Waals surface area (Å²) < 4.78 is 18.6. The second kappa shape index (κ2) is 6.57. The lowest BCUT2D eigenvalue weighted by atomic mass is 10.00. The third-order valence-corrected chi connectivity index (χ3v) is 2.70. The maximum absolute atomic E-state index is 13.2. The van der Waals surface area contributed by atoms with Crippen LogP contribution in [0.3, 0.4) is 0 Å². The minimum Gasteiger partial charge on any atom is -0.490 e. The van der Waals surface area contributed by atoms with E-state index in [1.165, 1.54) is 6.07 Å². The molecule has 0 aliphatic rings. The normalized spacial score (nSPS) is 14.4. The summed E-state index contributed by atoms with van der Waals surface area (Å²) in [6.45, 7) is 5.07. The van der Waals surface area contributed by atoms with E-state index in [1.807, 2.05) is 13.8 Å². The molecule has 0 saturated heterocycles. The highest BCUT2D eigenvalue weighted by Gasteiger charge is 2.21. The van der Waals surface area contributed by atoms with Gasteiger partial charge in [0, 0.05) is 12.0 Å². The maximum atomic E-state index is 13.2. The molecule has 0 heterocycles. The molecule has 0 aliphatic heterocycles. The summed E-state index contributed by atoms with van der Waals surface area (Å²) >= 11 is 0. The lowest BCUT2D eigenvalue weighted by Crippen LogP contribution is -2.46. The third-order valence-electron chi connectivity index (χ3n) is 2.70. The second-order valence-corrected chi connectivity index (χ2v) is 4.28. The average Bonchev–Trinajstić information content (AvgIpc) is 2.32. The molecule has 1 atom stereocenters. The Kier molecular flexibility index (Phi) is 5.38. The summed E-state index contributed by atoms with van der Waals surface area (Å²) in [5.41, 5.74) is -0.375. The first-order chi connectivity index (χ1) is 8.11. The van der Waals surface area contributed by atoms with Crippen molar-refractivity contribution in [3.8, 4) is 5.75 Å². The van der Waals surface area contributed by atoms with Gasteiger partial charge < -0.3 is 15.2 Å². The zero-order valence-corrected chi connectivity index (χ0v) is 10.4. The molecule has 0 aromatic heterocycles. The van der Waals surface area contributed by atoms with E-state index >= 15 is 0 Å². The number of hydrogen-bond acceptors (Lipinski definition) is 3. The van der Waals surface area contributed by atoms with E-state index in [9.17, 15) is 9.50 Å². The molecule has 1 aromatic rings. The average molecular weight is 241 g/mol. The van der Waals surface area contributed by atoms with E-state index < -0.39 is 0 Å². The van der Waals surface area contributed by atoms with Crippen LogP contribution >= 0.6 is 0 Å². The molecule has 0 bridgehead atoms. The number of aliphatic hydroxyl groups excluding tert-OH is 1. The van der Waals surface area contributed by atoms with Gasteiger partial charge in [0.05, 0.1) is 13.2 Å². The predicted molar refractivity (Wildman–Crippen MR) is 65.7 cm³/mol. The number of nitrogens with one attached hydrogen (secondary N) is 1. The summed E-state index contributed by atoms with van der Waals surface area (Å²) in [5.74, 6) is -0.106. The van der Waals surface area contributed by atoms with Crippen molar-refractivity contribution in [2.75, 3.05) is 19.8 Å². The zero-order chi connectivity index (χ0) is 12.7. The Morgan fingerprint density at radius 3 is 2.71 bits per heavy atom. The van der Waals surface area contributed by atoms with Crippen LogP contribution in [0.2, 0.25) is 0 Å². The number of ether oxygens (including phenoxy) is 1. The Balaban J connectivity index is 2.44. The van der Waals surface area contributed by atoms with Crippen LogP contribution in [0.5, 0.6) is 5.75 Å². The fourth-order valence-corrected chi connectivity index (χ4v) is 1.60. The highest BCUT2D eigenvalue weighted by molar-refractivity contribution is 5.23. The Morgan fingerprint density at radius 1 is 1.41 bits per heavy atom. The lowest BCUT2D eigenvalue weighted by molar-refractivity contribution is 0.144. The molecule has 17 heavy (non-hydrogen) atoms. The van der Waals surface area contributed by atoms with Gasteiger partial charge in [-0.25, -0.2) is 4.39 Å². The van der Waals surface area contributed by atoms with Gasteiger partial charge >= 0.3 is 0 Å². The van der Waals surface area contributed by atoms with Crippen molar-refractivity contribution in [3.05, 3.63) is 30.1 Å². The fraction of sp³-hybridized carbons (Fsp3) is 0.538. The number of hydrogen-bond donors (Lipinski definition) is 2. The topological polar surface area (TPSA) is 41.5 Å². The maximum Gasteiger partial charge on any atom is 0.165 e. The largest absolute Gasteiger partial charge is 0.490 e. The molecule has 2 N–H and O–H groups in total. The SMILES string of the molecule is CCNC(C)(CO)CCOc1ccccc1F. The van der Waals surface area contributed by atoms with E-state index in [4.69, 9.17) is 4.74 Å². The predicted octanol–water partition coefficient (Wildman–Crippen LogP) is 1.96. The van der Waals surface area contributed by atoms with Crippen molar-refractivity contribution >= 4 is 0 Å². The molecule has 0 spiro atoms. The van der Waals surface area contributed by atoms with Crippen LogP contribution in [-0.2, 0) is 0 Å². The Hall–Kier alpha value is -1.13. The smallest absolute Gasteiger partial charge is 0.165 e. The molecule has 1 aromatic carbocycles. The summed E-state index contributed by atoms with van der Waals surface area (Å²) in [6.07, 6.45) is 0.617. The quantitative estimate of drug-likeness (QED) is 0.766. The van der Waals surface area contributed by atoms with Crippen LogP contribution in [-0.4, -0.2) is 30.4 Å². The second-order valence-electron chi connectivity index (χ2n) is 4.28. The molecule has 0 amide bonds. The standard InChI is InChI=1S/C13H20FNO2/c1-3-15-13(2,10-16)8-9-17-12-7-5-4-6-11(12)14/h4-7,15-16H,3,8-10H2,1-2H3. The fourth-order valence-electron chi connectivity index (χ4n) is 1.60.